The summed E-state index contributed by atoms with van der Waals surface area (Å²) in [5, 5.41) is 21.6. The smallest absolute Gasteiger partial charge is 0.310 e. The van der Waals surface area contributed by atoms with Crippen molar-refractivity contribution in [2.75, 3.05) is 34.2 Å². The van der Waals surface area contributed by atoms with Gasteiger partial charge in [0.1, 0.15) is 18.3 Å². The lowest BCUT2D eigenvalue weighted by Crippen LogP contribution is -2.65. The maximum absolute atomic E-state index is 13.4. The van der Waals surface area contributed by atoms with Gasteiger partial charge in [-0.05, 0) is 47.9 Å². The van der Waals surface area contributed by atoms with E-state index < -0.39 is 66.8 Å². The number of carbonyl (C=O) groups is 1. The number of cyclic esters (lactones) is 1. The summed E-state index contributed by atoms with van der Waals surface area (Å²) in [6.07, 6.45) is -4.58. The van der Waals surface area contributed by atoms with Gasteiger partial charge < -0.3 is 58.6 Å². The second kappa shape index (κ2) is 10.4. The quantitative estimate of drug-likeness (QED) is 0.429. The van der Waals surface area contributed by atoms with Crippen LogP contribution >= 0.6 is 0 Å². The first-order chi connectivity index (χ1) is 20.3. The Labute approximate surface area is 241 Å². The van der Waals surface area contributed by atoms with Gasteiger partial charge in [-0.25, -0.2) is 0 Å². The number of phenols is 1. The van der Waals surface area contributed by atoms with Crippen molar-refractivity contribution in [1.82, 2.24) is 0 Å². The normalized spacial score (nSPS) is 36.5. The van der Waals surface area contributed by atoms with E-state index in [4.69, 9.17) is 48.4 Å². The molecule has 4 N–H and O–H groups in total. The molecule has 6 unspecified atom stereocenters. The Hall–Kier alpha value is -3.33. The summed E-state index contributed by atoms with van der Waals surface area (Å²) in [6.45, 7) is 2.09. The van der Waals surface area contributed by atoms with Crippen LogP contribution in [0.5, 0.6) is 28.7 Å². The van der Waals surface area contributed by atoms with E-state index in [1.807, 2.05) is 12.1 Å². The minimum Gasteiger partial charge on any atom is -0.502 e. The molecule has 4 heterocycles. The summed E-state index contributed by atoms with van der Waals surface area (Å²) >= 11 is 0. The van der Waals surface area contributed by atoms with E-state index in [2.05, 4.69) is 0 Å². The predicted molar refractivity (Wildman–Crippen MR) is 140 cm³/mol. The number of methoxy groups -OCH3 is 2. The zero-order valence-electron chi connectivity index (χ0n) is 23.3. The van der Waals surface area contributed by atoms with Crippen LogP contribution in [0.4, 0.5) is 0 Å². The molecular weight excluding hydrogens is 554 g/mol. The van der Waals surface area contributed by atoms with Crippen molar-refractivity contribution in [1.29, 1.82) is 0 Å². The molecule has 1 aliphatic carbocycles. The van der Waals surface area contributed by atoms with Gasteiger partial charge in [0.15, 0.2) is 35.6 Å². The Morgan fingerprint density at radius 1 is 0.952 bits per heavy atom. The molecule has 0 saturated carbocycles. The molecule has 0 amide bonds. The van der Waals surface area contributed by atoms with Gasteiger partial charge in [-0.2, -0.15) is 0 Å². The largest absolute Gasteiger partial charge is 0.502 e. The van der Waals surface area contributed by atoms with E-state index in [1.54, 1.807) is 19.1 Å². The molecule has 0 spiro atoms. The summed E-state index contributed by atoms with van der Waals surface area (Å²) in [5.41, 5.74) is 8.58. The summed E-state index contributed by atoms with van der Waals surface area (Å²) in [6, 6.07) is 6.10. The highest BCUT2D eigenvalue weighted by atomic mass is 16.7. The number of esters is 1. The maximum atomic E-state index is 13.4. The van der Waals surface area contributed by atoms with Gasteiger partial charge in [-0.1, -0.05) is 0 Å². The molecule has 0 aromatic heterocycles. The van der Waals surface area contributed by atoms with E-state index in [1.165, 1.54) is 14.2 Å². The molecule has 7 rings (SSSR count). The Bertz CT molecular complexity index is 1360. The fourth-order valence-electron chi connectivity index (χ4n) is 6.78. The van der Waals surface area contributed by atoms with Gasteiger partial charge in [-0.3, -0.25) is 4.79 Å². The van der Waals surface area contributed by atoms with Crippen molar-refractivity contribution in [3.8, 4) is 28.7 Å². The van der Waals surface area contributed by atoms with E-state index in [9.17, 15) is 15.0 Å². The maximum Gasteiger partial charge on any atom is 0.310 e. The lowest BCUT2D eigenvalue weighted by Gasteiger charge is -2.48. The molecule has 0 radical (unpaired) electrons. The van der Waals surface area contributed by atoms with Crippen LogP contribution in [-0.4, -0.2) is 87.3 Å². The van der Waals surface area contributed by atoms with E-state index >= 15 is 0 Å². The lowest BCUT2D eigenvalue weighted by atomic mass is 9.66. The summed E-state index contributed by atoms with van der Waals surface area (Å²) < 4.78 is 52.0. The number of hydrogen-bond donors (Lipinski definition) is 3. The van der Waals surface area contributed by atoms with Gasteiger partial charge in [0, 0.05) is 11.8 Å². The average Bonchev–Trinajstić information content (AvgIpc) is 3.61. The number of ether oxygens (including phenoxy) is 9. The van der Waals surface area contributed by atoms with E-state index in [0.717, 1.165) is 11.1 Å². The summed E-state index contributed by atoms with van der Waals surface area (Å²) in [5.74, 6) is -0.763. The minimum atomic E-state index is -1.07. The van der Waals surface area contributed by atoms with Crippen molar-refractivity contribution in [3.05, 3.63) is 41.0 Å². The molecule has 2 aromatic carbocycles. The van der Waals surface area contributed by atoms with Gasteiger partial charge in [0.25, 0.3) is 0 Å². The monoisotopic (exact) mass is 587 g/mol. The number of fused-ring (bicyclic) bond motifs is 4. The molecule has 0 bridgehead atoms. The second-order valence-electron chi connectivity index (χ2n) is 11.1. The Balaban J connectivity index is 1.32. The molecule has 10 atom stereocenters. The van der Waals surface area contributed by atoms with Crippen molar-refractivity contribution >= 4 is 5.97 Å². The Morgan fingerprint density at radius 3 is 2.33 bits per heavy atom. The molecule has 226 valence electrons. The summed E-state index contributed by atoms with van der Waals surface area (Å²) in [4.78, 5) is 13.4. The molecule has 13 heteroatoms. The highest BCUT2D eigenvalue weighted by molar-refractivity contribution is 5.79. The number of benzene rings is 2. The van der Waals surface area contributed by atoms with Crippen LogP contribution in [-0.2, 0) is 28.5 Å². The molecule has 5 aliphatic rings. The van der Waals surface area contributed by atoms with Crippen LogP contribution in [0.2, 0.25) is 0 Å². The highest BCUT2D eigenvalue weighted by Gasteiger charge is 2.55. The zero-order chi connectivity index (χ0) is 29.3. The number of nitrogens with two attached hydrogens (primary N) is 1. The number of aliphatic hydroxyl groups is 1. The molecule has 3 saturated heterocycles. The number of rotatable bonds is 5. The average molecular weight is 588 g/mol. The van der Waals surface area contributed by atoms with Crippen LogP contribution in [0.25, 0.3) is 0 Å². The standard InChI is InChI=1S/C29H33NO12/c1-11-36-9-20-27(40-11)25(32)23(30)29(41-20)42-26-14-7-17-16(38-10-39-17)6-13(14)21(22-15(26)8-37-28(22)33)12-4-18(34-2)24(31)19(5-12)35-3/h4-7,11,15,20-23,25-27,29,31-32H,8-10,30H2,1-3H3/t11?,15-,20?,21+,22-,23?,25?,26+,27?,29?/m0/s1. The van der Waals surface area contributed by atoms with Crippen LogP contribution in [0, 0.1) is 11.8 Å². The second-order valence-corrected chi connectivity index (χ2v) is 11.1. The van der Waals surface area contributed by atoms with Crippen LogP contribution in [0.15, 0.2) is 24.3 Å². The van der Waals surface area contributed by atoms with Crippen molar-refractivity contribution in [3.63, 3.8) is 0 Å². The van der Waals surface area contributed by atoms with E-state index in [-0.39, 0.29) is 37.3 Å². The van der Waals surface area contributed by atoms with Crippen LogP contribution < -0.4 is 24.7 Å². The minimum absolute atomic E-state index is 0.0501. The lowest BCUT2D eigenvalue weighted by molar-refractivity contribution is -0.343. The SMILES string of the molecule is COc1cc([C@@H]2c3cc4c(cc3[C@@H](OC3OC5COC(C)OC5C(O)C3N)[C@H]3COC(=O)[C@H]23)OCO4)cc(OC)c1O. The molecule has 4 aliphatic heterocycles. The number of carbonyl (C=O) groups excluding carboxylic acids is 1. The molecular formula is C29H33NO12. The predicted octanol–water partition coefficient (Wildman–Crippen LogP) is 1.30. The summed E-state index contributed by atoms with van der Waals surface area (Å²) in [7, 11) is 2.88. The molecule has 3 fully saturated rings. The molecule has 13 nitrogen and oxygen atoms in total. The highest BCUT2D eigenvalue weighted by Crippen LogP contribution is 2.57. The van der Waals surface area contributed by atoms with Crippen LogP contribution in [0.1, 0.15) is 35.6 Å². The van der Waals surface area contributed by atoms with Gasteiger partial charge in [0.2, 0.25) is 12.5 Å². The van der Waals surface area contributed by atoms with Gasteiger partial charge in [0.05, 0.1) is 45.5 Å². The number of aromatic hydroxyl groups is 1. The first kappa shape index (κ1) is 27.5. The number of phenolic OH excluding ortho intramolecular Hbond substituents is 1. The van der Waals surface area contributed by atoms with Crippen molar-refractivity contribution in [2.45, 2.75) is 55.9 Å². The topological polar surface area (TPSA) is 167 Å². The third kappa shape index (κ3) is 4.26. The van der Waals surface area contributed by atoms with Gasteiger partial charge >= 0.3 is 5.97 Å². The van der Waals surface area contributed by atoms with Crippen molar-refractivity contribution in [2.24, 2.45) is 17.6 Å². The Kier molecular flexibility index (Phi) is 6.83. The number of aliphatic hydroxyl groups excluding tert-OH is 1. The van der Waals surface area contributed by atoms with E-state index in [0.29, 0.717) is 17.1 Å². The molecule has 42 heavy (non-hydrogen) atoms. The Morgan fingerprint density at radius 2 is 1.64 bits per heavy atom. The first-order valence-corrected chi connectivity index (χ1v) is 13.9. The fraction of sp³-hybridized carbons (Fsp3) is 0.552. The number of hydrogen-bond acceptors (Lipinski definition) is 13. The fourth-order valence-corrected chi connectivity index (χ4v) is 6.78. The van der Waals surface area contributed by atoms with Crippen LogP contribution in [0.3, 0.4) is 0 Å². The first-order valence-electron chi connectivity index (χ1n) is 13.9. The molecule has 2 aromatic rings. The third-order valence-electron chi connectivity index (χ3n) is 8.83. The van der Waals surface area contributed by atoms with Crippen molar-refractivity contribution < 1.29 is 57.6 Å². The zero-order valence-corrected chi connectivity index (χ0v) is 23.3. The third-order valence-corrected chi connectivity index (χ3v) is 8.83. The van der Waals surface area contributed by atoms with Gasteiger partial charge in [-0.15, -0.1) is 0 Å².